The van der Waals surface area contributed by atoms with Crippen LogP contribution in [0.2, 0.25) is 0 Å². The van der Waals surface area contributed by atoms with Gasteiger partial charge in [0, 0.05) is 32.6 Å². The minimum Gasteiger partial charge on any atom is -0.381 e. The molecule has 0 atom stereocenters. The van der Waals surface area contributed by atoms with Crippen LogP contribution in [0.4, 0.5) is 23.1 Å². The van der Waals surface area contributed by atoms with Crippen LogP contribution in [0.1, 0.15) is 12.8 Å². The highest BCUT2D eigenvalue weighted by Crippen LogP contribution is 2.35. The minimum atomic E-state index is 0.358. The Morgan fingerprint density at radius 2 is 2.09 bits per heavy atom. The van der Waals surface area contributed by atoms with E-state index >= 15 is 0 Å². The number of nitrogens with one attached hydrogen (secondary N) is 1. The molecule has 23 heavy (non-hydrogen) atoms. The summed E-state index contributed by atoms with van der Waals surface area (Å²) in [6.45, 7) is 2.56. The Morgan fingerprint density at radius 1 is 1.22 bits per heavy atom. The Hall–Kier alpha value is -2.41. The second-order valence-corrected chi connectivity index (χ2v) is 5.79. The van der Waals surface area contributed by atoms with Crippen LogP contribution in [0, 0.1) is 0 Å². The molecule has 0 saturated carbocycles. The molecule has 0 spiro atoms. The third-order valence-corrected chi connectivity index (χ3v) is 4.48. The Labute approximate surface area is 135 Å². The lowest BCUT2D eigenvalue weighted by Gasteiger charge is -2.31. The quantitative estimate of drug-likeness (QED) is 0.930. The van der Waals surface area contributed by atoms with Crippen molar-refractivity contribution in [3.05, 3.63) is 30.7 Å². The molecule has 1 saturated heterocycles. The van der Waals surface area contributed by atoms with Crippen molar-refractivity contribution in [2.24, 2.45) is 0 Å². The van der Waals surface area contributed by atoms with Crippen LogP contribution in [-0.4, -0.2) is 47.9 Å². The summed E-state index contributed by atoms with van der Waals surface area (Å²) < 4.78 is 5.43. The van der Waals surface area contributed by atoms with Gasteiger partial charge in [-0.3, -0.25) is 4.98 Å². The Balaban J connectivity index is 1.56. The summed E-state index contributed by atoms with van der Waals surface area (Å²) in [6.07, 6.45) is 7.87. The van der Waals surface area contributed by atoms with Gasteiger partial charge in [-0.25, -0.2) is 4.98 Å². The van der Waals surface area contributed by atoms with E-state index in [2.05, 4.69) is 25.1 Å². The first-order valence-electron chi connectivity index (χ1n) is 7.91. The number of ether oxygens (including phenoxy) is 1. The molecule has 4 rings (SSSR count). The zero-order chi connectivity index (χ0) is 15.6. The molecule has 2 aliphatic rings. The summed E-state index contributed by atoms with van der Waals surface area (Å²) in [6, 6.07) is 3.95. The van der Waals surface area contributed by atoms with Crippen LogP contribution < -0.4 is 15.1 Å². The van der Waals surface area contributed by atoms with E-state index in [-0.39, 0.29) is 0 Å². The number of piperidine rings is 1. The number of hydrogen-bond donors (Lipinski definition) is 1. The fourth-order valence-electron chi connectivity index (χ4n) is 3.15. The lowest BCUT2D eigenvalue weighted by Crippen LogP contribution is -2.37. The van der Waals surface area contributed by atoms with Crippen LogP contribution >= 0.6 is 0 Å². The van der Waals surface area contributed by atoms with Gasteiger partial charge < -0.3 is 19.9 Å². The third kappa shape index (κ3) is 2.68. The van der Waals surface area contributed by atoms with Gasteiger partial charge in [-0.1, -0.05) is 0 Å². The van der Waals surface area contributed by atoms with Crippen LogP contribution in [0.3, 0.4) is 0 Å². The molecule has 2 aromatic heterocycles. The van der Waals surface area contributed by atoms with Crippen molar-refractivity contribution in [2.75, 3.05) is 42.0 Å². The van der Waals surface area contributed by atoms with E-state index in [9.17, 15) is 0 Å². The number of anilines is 4. The zero-order valence-electron chi connectivity index (χ0n) is 13.1. The van der Waals surface area contributed by atoms with Gasteiger partial charge in [-0.15, -0.1) is 0 Å². The molecular weight excluding hydrogens is 292 g/mol. The van der Waals surface area contributed by atoms with Crippen molar-refractivity contribution in [1.82, 2.24) is 15.0 Å². The molecule has 1 fully saturated rings. The average Bonchev–Trinajstić information content (AvgIpc) is 3.06. The number of aromatic nitrogens is 3. The van der Waals surface area contributed by atoms with Gasteiger partial charge in [0.1, 0.15) is 5.82 Å². The molecule has 0 amide bonds. The van der Waals surface area contributed by atoms with Gasteiger partial charge in [0.05, 0.1) is 30.3 Å². The molecule has 1 N–H and O–H groups in total. The van der Waals surface area contributed by atoms with Crippen molar-refractivity contribution < 1.29 is 4.74 Å². The number of pyridine rings is 1. The molecule has 0 aliphatic carbocycles. The second kappa shape index (κ2) is 6.00. The number of fused-ring (bicyclic) bond motifs is 1. The molecule has 0 radical (unpaired) electrons. The van der Waals surface area contributed by atoms with E-state index < -0.39 is 0 Å². The highest BCUT2D eigenvalue weighted by Gasteiger charge is 2.24. The summed E-state index contributed by atoms with van der Waals surface area (Å²) in [4.78, 5) is 17.7. The summed E-state index contributed by atoms with van der Waals surface area (Å²) in [5, 5.41) is 3.33. The predicted octanol–water partition coefficient (Wildman–Crippen LogP) is 2.01. The molecule has 7 nitrogen and oxygen atoms in total. The topological polar surface area (TPSA) is 66.4 Å². The van der Waals surface area contributed by atoms with Crippen molar-refractivity contribution >= 4 is 23.1 Å². The Morgan fingerprint density at radius 3 is 2.91 bits per heavy atom. The largest absolute Gasteiger partial charge is 0.381 e. The van der Waals surface area contributed by atoms with E-state index in [1.165, 1.54) is 0 Å². The van der Waals surface area contributed by atoms with Gasteiger partial charge in [-0.05, 0) is 25.0 Å². The average molecular weight is 312 g/mol. The first-order chi connectivity index (χ1) is 11.3. The third-order valence-electron chi connectivity index (χ3n) is 4.48. The van der Waals surface area contributed by atoms with Gasteiger partial charge in [0.2, 0.25) is 5.95 Å². The Bertz CT molecular complexity index is 686. The highest BCUT2D eigenvalue weighted by molar-refractivity contribution is 5.79. The number of hydrogen-bond acceptors (Lipinski definition) is 7. The van der Waals surface area contributed by atoms with Crippen LogP contribution in [0.15, 0.2) is 30.7 Å². The van der Waals surface area contributed by atoms with E-state index in [0.29, 0.717) is 12.8 Å². The predicted molar refractivity (Wildman–Crippen MR) is 89.1 cm³/mol. The molecule has 0 aromatic carbocycles. The lowest BCUT2D eigenvalue weighted by atomic mass is 10.1. The fourth-order valence-corrected chi connectivity index (χ4v) is 3.15. The minimum absolute atomic E-state index is 0.358. The van der Waals surface area contributed by atoms with Crippen molar-refractivity contribution in [1.29, 1.82) is 0 Å². The monoisotopic (exact) mass is 312 g/mol. The highest BCUT2D eigenvalue weighted by atomic mass is 16.5. The van der Waals surface area contributed by atoms with Crippen molar-refractivity contribution in [2.45, 2.75) is 18.9 Å². The van der Waals surface area contributed by atoms with Crippen molar-refractivity contribution in [3.8, 4) is 0 Å². The molecule has 4 heterocycles. The van der Waals surface area contributed by atoms with Gasteiger partial charge in [0.15, 0.2) is 0 Å². The molecule has 0 bridgehead atoms. The van der Waals surface area contributed by atoms with E-state index in [0.717, 1.165) is 49.1 Å². The summed E-state index contributed by atoms with van der Waals surface area (Å²) in [5.74, 6) is 1.70. The second-order valence-electron chi connectivity index (χ2n) is 5.79. The smallest absolute Gasteiger partial charge is 0.227 e. The molecule has 0 unspecified atom stereocenters. The van der Waals surface area contributed by atoms with Gasteiger partial charge >= 0.3 is 0 Å². The van der Waals surface area contributed by atoms with E-state index in [1.54, 1.807) is 13.3 Å². The Kier molecular flexibility index (Phi) is 3.70. The summed E-state index contributed by atoms with van der Waals surface area (Å²) in [5.41, 5.74) is 2.14. The van der Waals surface area contributed by atoms with Gasteiger partial charge in [0.25, 0.3) is 0 Å². The fraction of sp³-hybridized carbons (Fsp3) is 0.438. The SMILES string of the molecule is COC1CCN(c2nccc(N3CNc4cnccc43)n2)CC1. The maximum Gasteiger partial charge on any atom is 0.227 e. The molecule has 120 valence electrons. The van der Waals surface area contributed by atoms with E-state index in [4.69, 9.17) is 9.72 Å². The molecule has 2 aliphatic heterocycles. The molecule has 7 heteroatoms. The summed E-state index contributed by atoms with van der Waals surface area (Å²) >= 11 is 0. The maximum absolute atomic E-state index is 5.43. The van der Waals surface area contributed by atoms with Crippen LogP contribution in [0.5, 0.6) is 0 Å². The molecular formula is C16H20N6O. The first-order valence-corrected chi connectivity index (χ1v) is 7.91. The standard InChI is InChI=1S/C16H20N6O/c1-23-12-4-8-21(9-5-12)16-18-7-3-15(20-16)22-11-19-13-10-17-6-2-14(13)22/h2-3,6-7,10,12,19H,4-5,8-9,11H2,1H3. The van der Waals surface area contributed by atoms with Crippen LogP contribution in [0.25, 0.3) is 0 Å². The number of methoxy groups -OCH3 is 1. The van der Waals surface area contributed by atoms with Crippen molar-refractivity contribution in [3.63, 3.8) is 0 Å². The normalized spacial score (nSPS) is 18.0. The van der Waals surface area contributed by atoms with Gasteiger partial charge in [-0.2, -0.15) is 4.98 Å². The molecule has 2 aromatic rings. The maximum atomic E-state index is 5.43. The summed E-state index contributed by atoms with van der Waals surface area (Å²) in [7, 11) is 1.78. The number of rotatable bonds is 3. The number of nitrogens with zero attached hydrogens (tertiary/aromatic N) is 5. The first kappa shape index (κ1) is 14.2. The van der Waals surface area contributed by atoms with E-state index in [1.807, 2.05) is 24.5 Å². The zero-order valence-corrected chi connectivity index (χ0v) is 13.1. The lowest BCUT2D eigenvalue weighted by molar-refractivity contribution is 0.0816. The van der Waals surface area contributed by atoms with Crippen LogP contribution in [-0.2, 0) is 4.74 Å².